The van der Waals surface area contributed by atoms with Crippen molar-refractivity contribution in [2.24, 2.45) is 0 Å². The van der Waals surface area contributed by atoms with Crippen molar-refractivity contribution in [1.82, 2.24) is 4.90 Å². The molecule has 0 saturated heterocycles. The molecule has 0 aliphatic carbocycles. The molecule has 1 N–H and O–H groups in total. The quantitative estimate of drug-likeness (QED) is 0.511. The van der Waals surface area contributed by atoms with Crippen LogP contribution in [-0.2, 0) is 0 Å². The van der Waals surface area contributed by atoms with Crippen molar-refractivity contribution in [3.05, 3.63) is 49.0 Å². The Morgan fingerprint density at radius 1 is 1.25 bits per heavy atom. The highest BCUT2D eigenvalue weighted by Crippen LogP contribution is 2.07. The summed E-state index contributed by atoms with van der Waals surface area (Å²) in [5.41, 5.74) is 1.66. The summed E-state index contributed by atoms with van der Waals surface area (Å²) >= 11 is 0. The van der Waals surface area contributed by atoms with Crippen LogP contribution in [0.2, 0.25) is 0 Å². The summed E-state index contributed by atoms with van der Waals surface area (Å²) in [5, 5.41) is 8.76. The number of nitrogens with zero attached hydrogens (tertiary/aromatic N) is 1. The lowest BCUT2D eigenvalue weighted by Gasteiger charge is -2.18. The van der Waals surface area contributed by atoms with Crippen molar-refractivity contribution in [2.75, 3.05) is 7.05 Å². The first-order chi connectivity index (χ1) is 5.45. The van der Waals surface area contributed by atoms with Crippen LogP contribution in [0.5, 0.6) is 0 Å². The van der Waals surface area contributed by atoms with Gasteiger partial charge < -0.3 is 10.0 Å². The van der Waals surface area contributed by atoms with Gasteiger partial charge in [-0.05, 0) is 19.1 Å². The molecule has 0 atom stereocenters. The van der Waals surface area contributed by atoms with Gasteiger partial charge in [0.25, 0.3) is 0 Å². The number of likely N-dealkylation sites (N-methyl/N-ethyl adjacent to an activating group) is 1. The number of aliphatic hydroxyl groups is 1. The molecule has 0 aliphatic heterocycles. The largest absolute Gasteiger partial charge is 0.509 e. The molecular weight excluding hydrogens is 150 g/mol. The first-order valence-electron chi connectivity index (χ1n) is 3.59. The van der Waals surface area contributed by atoms with E-state index in [4.69, 9.17) is 5.11 Å². The third-order valence-corrected chi connectivity index (χ3v) is 1.47. The standard InChI is InChI=1S/C10H15NO/c1-8(2)11(5)9(3)6-7-10(4)12/h6-7,12H,1,3-4H2,2,5H3/b7-6-. The van der Waals surface area contributed by atoms with Crippen LogP contribution in [0, 0.1) is 0 Å². The zero-order chi connectivity index (χ0) is 9.72. The SMILES string of the molecule is C=C(O)/C=C\C(=C)N(C)C(=C)C. The maximum absolute atomic E-state index is 8.76. The van der Waals surface area contributed by atoms with Gasteiger partial charge in [-0.2, -0.15) is 0 Å². The average Bonchev–Trinajstić information content (AvgIpc) is 1.98. The van der Waals surface area contributed by atoms with E-state index in [0.29, 0.717) is 0 Å². The predicted octanol–water partition coefficient (Wildman–Crippen LogP) is 2.59. The minimum Gasteiger partial charge on any atom is -0.509 e. The van der Waals surface area contributed by atoms with Crippen molar-refractivity contribution in [1.29, 1.82) is 0 Å². The molecule has 0 rings (SSSR count). The van der Waals surface area contributed by atoms with Crippen LogP contribution in [0.25, 0.3) is 0 Å². The minimum atomic E-state index is 0.0197. The predicted molar refractivity (Wildman–Crippen MR) is 52.6 cm³/mol. The third-order valence-electron chi connectivity index (χ3n) is 1.47. The molecule has 0 heterocycles. The highest BCUT2D eigenvalue weighted by atomic mass is 16.3. The van der Waals surface area contributed by atoms with Crippen molar-refractivity contribution in [3.8, 4) is 0 Å². The highest BCUT2D eigenvalue weighted by molar-refractivity contribution is 5.22. The van der Waals surface area contributed by atoms with Crippen molar-refractivity contribution >= 4 is 0 Å². The van der Waals surface area contributed by atoms with E-state index in [0.717, 1.165) is 11.4 Å². The Morgan fingerprint density at radius 2 is 1.75 bits per heavy atom. The van der Waals surface area contributed by atoms with Crippen LogP contribution in [0.4, 0.5) is 0 Å². The second kappa shape index (κ2) is 4.44. The Labute approximate surface area is 73.8 Å². The Bertz CT molecular complexity index is 238. The van der Waals surface area contributed by atoms with Gasteiger partial charge in [0, 0.05) is 18.4 Å². The van der Waals surface area contributed by atoms with Crippen LogP contribution >= 0.6 is 0 Å². The molecule has 0 bridgehead atoms. The van der Waals surface area contributed by atoms with E-state index in [9.17, 15) is 0 Å². The average molecular weight is 165 g/mol. The summed E-state index contributed by atoms with van der Waals surface area (Å²) < 4.78 is 0. The van der Waals surface area contributed by atoms with Gasteiger partial charge in [0.2, 0.25) is 0 Å². The maximum Gasteiger partial charge on any atom is 0.108 e. The molecular formula is C10H15NO. The zero-order valence-corrected chi connectivity index (χ0v) is 7.67. The summed E-state index contributed by atoms with van der Waals surface area (Å²) in [6.07, 6.45) is 3.17. The van der Waals surface area contributed by atoms with E-state index in [2.05, 4.69) is 19.7 Å². The fourth-order valence-electron chi connectivity index (χ4n) is 0.549. The lowest BCUT2D eigenvalue weighted by atomic mass is 10.3. The Kier molecular flexibility index (Phi) is 3.91. The molecule has 0 aromatic heterocycles. The fraction of sp³-hybridized carbons (Fsp3) is 0.200. The van der Waals surface area contributed by atoms with E-state index < -0.39 is 0 Å². The summed E-state index contributed by atoms with van der Waals surface area (Å²) in [4.78, 5) is 1.82. The van der Waals surface area contributed by atoms with Gasteiger partial charge in [0.05, 0.1) is 0 Å². The highest BCUT2D eigenvalue weighted by Gasteiger charge is 1.96. The molecule has 0 aliphatic rings. The normalized spacial score (nSPS) is 9.83. The summed E-state index contributed by atoms with van der Waals surface area (Å²) in [6, 6.07) is 0. The van der Waals surface area contributed by atoms with Crippen molar-refractivity contribution < 1.29 is 5.11 Å². The molecule has 0 fully saturated rings. The van der Waals surface area contributed by atoms with Crippen molar-refractivity contribution in [3.63, 3.8) is 0 Å². The van der Waals surface area contributed by atoms with E-state index in [-0.39, 0.29) is 5.76 Å². The van der Waals surface area contributed by atoms with Gasteiger partial charge in [-0.25, -0.2) is 0 Å². The number of allylic oxidation sites excluding steroid dienone is 3. The van der Waals surface area contributed by atoms with Crippen molar-refractivity contribution in [2.45, 2.75) is 6.92 Å². The fourth-order valence-corrected chi connectivity index (χ4v) is 0.549. The number of hydrogen-bond acceptors (Lipinski definition) is 2. The Morgan fingerprint density at radius 3 is 2.08 bits per heavy atom. The summed E-state index contributed by atoms with van der Waals surface area (Å²) in [5.74, 6) is 0.0197. The van der Waals surface area contributed by atoms with E-state index in [1.807, 2.05) is 18.9 Å². The lowest BCUT2D eigenvalue weighted by molar-refractivity contribution is 0.434. The molecule has 66 valence electrons. The first kappa shape index (κ1) is 10.6. The number of aliphatic hydroxyl groups excluding tert-OH is 1. The topological polar surface area (TPSA) is 23.5 Å². The summed E-state index contributed by atoms with van der Waals surface area (Å²) in [6.45, 7) is 12.7. The van der Waals surface area contributed by atoms with Crippen LogP contribution < -0.4 is 0 Å². The number of rotatable bonds is 4. The van der Waals surface area contributed by atoms with Gasteiger partial charge in [-0.15, -0.1) is 0 Å². The molecule has 0 spiro atoms. The molecule has 12 heavy (non-hydrogen) atoms. The molecule has 0 unspecified atom stereocenters. The van der Waals surface area contributed by atoms with Gasteiger partial charge >= 0.3 is 0 Å². The van der Waals surface area contributed by atoms with E-state index in [1.165, 1.54) is 6.08 Å². The molecule has 2 nitrogen and oxygen atoms in total. The molecule has 0 radical (unpaired) electrons. The van der Waals surface area contributed by atoms with Crippen LogP contribution in [0.3, 0.4) is 0 Å². The monoisotopic (exact) mass is 165 g/mol. The minimum absolute atomic E-state index is 0.0197. The molecule has 0 saturated carbocycles. The van der Waals surface area contributed by atoms with Gasteiger partial charge in [-0.1, -0.05) is 19.7 Å². The Balaban J connectivity index is 4.22. The van der Waals surface area contributed by atoms with Crippen LogP contribution in [-0.4, -0.2) is 17.1 Å². The van der Waals surface area contributed by atoms with Crippen LogP contribution in [0.15, 0.2) is 49.0 Å². The molecule has 0 aromatic rings. The van der Waals surface area contributed by atoms with Gasteiger partial charge in [-0.3, -0.25) is 0 Å². The zero-order valence-electron chi connectivity index (χ0n) is 7.67. The Hall–Kier alpha value is -1.44. The second-order valence-corrected chi connectivity index (χ2v) is 2.61. The van der Waals surface area contributed by atoms with E-state index >= 15 is 0 Å². The number of hydrogen-bond donors (Lipinski definition) is 1. The lowest BCUT2D eigenvalue weighted by Crippen LogP contribution is -2.11. The summed E-state index contributed by atoms with van der Waals surface area (Å²) in [7, 11) is 1.86. The first-order valence-corrected chi connectivity index (χ1v) is 3.59. The van der Waals surface area contributed by atoms with Crippen LogP contribution in [0.1, 0.15) is 6.92 Å². The third kappa shape index (κ3) is 3.66. The smallest absolute Gasteiger partial charge is 0.108 e. The van der Waals surface area contributed by atoms with Gasteiger partial charge in [0.15, 0.2) is 0 Å². The maximum atomic E-state index is 8.76. The molecule has 2 heteroatoms. The second-order valence-electron chi connectivity index (χ2n) is 2.61. The molecule has 0 aromatic carbocycles. The molecule has 0 amide bonds. The van der Waals surface area contributed by atoms with Gasteiger partial charge in [0.1, 0.15) is 5.76 Å². The van der Waals surface area contributed by atoms with E-state index in [1.54, 1.807) is 6.08 Å².